The Labute approximate surface area is 103 Å². The zero-order chi connectivity index (χ0) is 11.4. The van der Waals surface area contributed by atoms with Crippen molar-refractivity contribution in [3.63, 3.8) is 0 Å². The van der Waals surface area contributed by atoms with Crippen LogP contribution < -0.4 is 5.32 Å². The van der Waals surface area contributed by atoms with E-state index in [-0.39, 0.29) is 5.54 Å². The van der Waals surface area contributed by atoms with E-state index in [4.69, 9.17) is 11.6 Å². The summed E-state index contributed by atoms with van der Waals surface area (Å²) in [5, 5.41) is 4.61. The van der Waals surface area contributed by atoms with E-state index < -0.39 is 0 Å². The lowest BCUT2D eigenvalue weighted by Crippen LogP contribution is -2.45. The van der Waals surface area contributed by atoms with Crippen LogP contribution in [0.15, 0.2) is 24.3 Å². The van der Waals surface area contributed by atoms with Crippen molar-refractivity contribution in [2.75, 3.05) is 6.54 Å². The molecular weight excluding hydrogens is 218 g/mol. The number of piperidine rings is 1. The number of rotatable bonds is 3. The maximum absolute atomic E-state index is 6.34. The fourth-order valence-corrected chi connectivity index (χ4v) is 3.14. The summed E-state index contributed by atoms with van der Waals surface area (Å²) in [5.41, 5.74) is 1.42. The first-order valence-electron chi connectivity index (χ1n) is 6.28. The minimum atomic E-state index is 0.130. The molecule has 0 saturated carbocycles. The predicted molar refractivity (Wildman–Crippen MR) is 69.9 cm³/mol. The van der Waals surface area contributed by atoms with Crippen LogP contribution in [0.4, 0.5) is 0 Å². The largest absolute Gasteiger partial charge is 0.307 e. The predicted octanol–water partition coefficient (Wildman–Crippen LogP) is 4.11. The lowest BCUT2D eigenvalue weighted by Gasteiger charge is -2.39. The van der Waals surface area contributed by atoms with E-state index in [0.29, 0.717) is 0 Å². The Kier molecular flexibility index (Phi) is 3.88. The lowest BCUT2D eigenvalue weighted by molar-refractivity contribution is 0.238. The molecule has 1 fully saturated rings. The molecule has 1 N–H and O–H groups in total. The summed E-state index contributed by atoms with van der Waals surface area (Å²) in [4.78, 5) is 0. The van der Waals surface area contributed by atoms with Gasteiger partial charge < -0.3 is 5.32 Å². The average Bonchev–Trinajstić information content (AvgIpc) is 2.31. The standard InChI is InChI=1S/C14H20ClN/c1-2-9-14(10-5-6-11-16-14)12-7-3-4-8-13(12)15/h3-4,7-8,16H,2,5-6,9-11H2,1H3. The van der Waals surface area contributed by atoms with Crippen molar-refractivity contribution in [3.05, 3.63) is 34.9 Å². The number of halogens is 1. The van der Waals surface area contributed by atoms with Crippen LogP contribution >= 0.6 is 11.6 Å². The molecule has 1 aromatic rings. The summed E-state index contributed by atoms with van der Waals surface area (Å²) in [6.45, 7) is 3.36. The minimum absolute atomic E-state index is 0.130. The van der Waals surface area contributed by atoms with E-state index in [1.807, 2.05) is 12.1 Å². The van der Waals surface area contributed by atoms with Gasteiger partial charge in [0.25, 0.3) is 0 Å². The minimum Gasteiger partial charge on any atom is -0.307 e. The number of nitrogens with one attached hydrogen (secondary N) is 1. The zero-order valence-electron chi connectivity index (χ0n) is 9.93. The highest BCUT2D eigenvalue weighted by Gasteiger charge is 2.33. The van der Waals surface area contributed by atoms with E-state index in [1.54, 1.807) is 0 Å². The van der Waals surface area contributed by atoms with Crippen LogP contribution in [0.2, 0.25) is 5.02 Å². The fourth-order valence-electron chi connectivity index (χ4n) is 2.82. The van der Waals surface area contributed by atoms with Gasteiger partial charge in [0.15, 0.2) is 0 Å². The molecule has 1 atom stereocenters. The highest BCUT2D eigenvalue weighted by Crippen LogP contribution is 2.38. The molecule has 1 aliphatic rings. The molecule has 0 bridgehead atoms. The topological polar surface area (TPSA) is 12.0 Å². The first-order valence-corrected chi connectivity index (χ1v) is 6.66. The highest BCUT2D eigenvalue weighted by molar-refractivity contribution is 6.31. The third kappa shape index (κ3) is 2.26. The van der Waals surface area contributed by atoms with Crippen molar-refractivity contribution >= 4 is 11.6 Å². The fraction of sp³-hybridized carbons (Fsp3) is 0.571. The molecule has 1 aliphatic heterocycles. The molecule has 16 heavy (non-hydrogen) atoms. The van der Waals surface area contributed by atoms with Crippen LogP contribution in [0.3, 0.4) is 0 Å². The van der Waals surface area contributed by atoms with Gasteiger partial charge in [-0.25, -0.2) is 0 Å². The second kappa shape index (κ2) is 5.20. The summed E-state index contributed by atoms with van der Waals surface area (Å²) >= 11 is 6.34. The van der Waals surface area contributed by atoms with E-state index in [9.17, 15) is 0 Å². The van der Waals surface area contributed by atoms with Crippen molar-refractivity contribution in [2.24, 2.45) is 0 Å². The molecule has 0 spiro atoms. The van der Waals surface area contributed by atoms with E-state index >= 15 is 0 Å². The quantitative estimate of drug-likeness (QED) is 0.834. The van der Waals surface area contributed by atoms with Gasteiger partial charge in [-0.1, -0.05) is 49.6 Å². The molecule has 1 aromatic carbocycles. The third-order valence-corrected chi connectivity index (χ3v) is 3.89. The van der Waals surface area contributed by atoms with E-state index in [0.717, 1.165) is 11.6 Å². The molecule has 2 heteroatoms. The summed E-state index contributed by atoms with van der Waals surface area (Å²) in [6.07, 6.45) is 6.17. The molecule has 1 unspecified atom stereocenters. The van der Waals surface area contributed by atoms with Crippen LogP contribution in [0.25, 0.3) is 0 Å². The van der Waals surface area contributed by atoms with Crippen molar-refractivity contribution in [1.82, 2.24) is 5.32 Å². The van der Waals surface area contributed by atoms with Crippen LogP contribution in [-0.2, 0) is 5.54 Å². The van der Waals surface area contributed by atoms with Crippen LogP contribution in [0.5, 0.6) is 0 Å². The van der Waals surface area contributed by atoms with Gasteiger partial charge in [0.1, 0.15) is 0 Å². The van der Waals surface area contributed by atoms with E-state index in [1.165, 1.54) is 37.7 Å². The summed E-state index contributed by atoms with van der Waals surface area (Å²) in [7, 11) is 0. The normalized spacial score (nSPS) is 25.6. The number of hydrogen-bond donors (Lipinski definition) is 1. The van der Waals surface area contributed by atoms with Crippen molar-refractivity contribution in [1.29, 1.82) is 0 Å². The molecular formula is C14H20ClN. The second-order valence-corrected chi connectivity index (χ2v) is 5.10. The molecule has 1 heterocycles. The molecule has 0 amide bonds. The Balaban J connectivity index is 2.34. The van der Waals surface area contributed by atoms with Gasteiger partial charge in [-0.3, -0.25) is 0 Å². The SMILES string of the molecule is CCCC1(c2ccccc2Cl)CCCCN1. The summed E-state index contributed by atoms with van der Waals surface area (Å²) in [5.74, 6) is 0. The Hall–Kier alpha value is -0.530. The maximum Gasteiger partial charge on any atom is 0.0456 e. The number of hydrogen-bond acceptors (Lipinski definition) is 1. The van der Waals surface area contributed by atoms with Gasteiger partial charge in [0, 0.05) is 10.6 Å². The van der Waals surface area contributed by atoms with Crippen molar-refractivity contribution < 1.29 is 0 Å². The molecule has 2 rings (SSSR count). The van der Waals surface area contributed by atoms with Gasteiger partial charge in [-0.05, 0) is 37.4 Å². The average molecular weight is 238 g/mol. The summed E-state index contributed by atoms with van der Waals surface area (Å²) in [6, 6.07) is 8.28. The Morgan fingerprint density at radius 3 is 2.75 bits per heavy atom. The first-order chi connectivity index (χ1) is 7.78. The van der Waals surface area contributed by atoms with Gasteiger partial charge in [0.2, 0.25) is 0 Å². The zero-order valence-corrected chi connectivity index (χ0v) is 10.7. The molecule has 0 radical (unpaired) electrons. The number of benzene rings is 1. The van der Waals surface area contributed by atoms with Crippen molar-refractivity contribution in [2.45, 2.75) is 44.6 Å². The maximum atomic E-state index is 6.34. The van der Waals surface area contributed by atoms with Gasteiger partial charge in [-0.15, -0.1) is 0 Å². The smallest absolute Gasteiger partial charge is 0.0456 e. The van der Waals surface area contributed by atoms with Crippen LogP contribution in [0.1, 0.15) is 44.6 Å². The monoisotopic (exact) mass is 237 g/mol. The van der Waals surface area contributed by atoms with Crippen LogP contribution in [0, 0.1) is 0 Å². The Morgan fingerprint density at radius 1 is 1.31 bits per heavy atom. The van der Waals surface area contributed by atoms with Crippen LogP contribution in [-0.4, -0.2) is 6.54 Å². The Morgan fingerprint density at radius 2 is 2.12 bits per heavy atom. The molecule has 0 aromatic heterocycles. The van der Waals surface area contributed by atoms with Crippen molar-refractivity contribution in [3.8, 4) is 0 Å². The van der Waals surface area contributed by atoms with E-state index in [2.05, 4.69) is 24.4 Å². The molecule has 1 saturated heterocycles. The highest BCUT2D eigenvalue weighted by atomic mass is 35.5. The van der Waals surface area contributed by atoms with Gasteiger partial charge in [-0.2, -0.15) is 0 Å². The second-order valence-electron chi connectivity index (χ2n) is 4.70. The van der Waals surface area contributed by atoms with Gasteiger partial charge in [0.05, 0.1) is 0 Å². The lowest BCUT2D eigenvalue weighted by atomic mass is 9.79. The molecule has 88 valence electrons. The first kappa shape index (κ1) is 11.9. The summed E-state index contributed by atoms with van der Waals surface area (Å²) < 4.78 is 0. The molecule has 0 aliphatic carbocycles. The Bertz CT molecular complexity index is 337. The molecule has 1 nitrogen and oxygen atoms in total. The third-order valence-electron chi connectivity index (χ3n) is 3.56. The van der Waals surface area contributed by atoms with Gasteiger partial charge >= 0.3 is 0 Å².